The van der Waals surface area contributed by atoms with E-state index < -0.39 is 11.9 Å². The van der Waals surface area contributed by atoms with E-state index in [1.165, 1.54) is 16.7 Å². The smallest absolute Gasteiger partial charge is 0.303 e. The van der Waals surface area contributed by atoms with Crippen molar-refractivity contribution >= 4 is 56.3 Å². The SMILES string of the molecule is CC1=C(CCC(=O)O)c2cc3nc(cc4[nH]c(cc5[nH]c(cc1n2)c(C)c5C(C)C)c(C)c4C(C)C)C(C)=C3CCC(=O)O.[Pt].c1ccc(-c2ccccn2)nc1. The number of nitrogens with zero attached hydrogens (tertiary/aromatic N) is 4. The summed E-state index contributed by atoms with van der Waals surface area (Å²) in [6, 6.07) is 19.8. The second-order valence-electron chi connectivity index (χ2n) is 15.1. The van der Waals surface area contributed by atoms with Crippen LogP contribution in [0.3, 0.4) is 0 Å². The molecule has 0 saturated heterocycles. The van der Waals surface area contributed by atoms with Crippen molar-refractivity contribution in [3.63, 3.8) is 0 Å². The maximum Gasteiger partial charge on any atom is 0.303 e. The molecular weight excluding hydrogens is 896 g/mol. The molecular formula is C46H50N6O4Pt. The molecule has 0 saturated carbocycles. The minimum absolute atomic E-state index is 0. The average molecular weight is 946 g/mol. The number of rotatable bonds is 9. The third kappa shape index (κ3) is 9.40. The zero-order valence-corrected chi connectivity index (χ0v) is 36.0. The van der Waals surface area contributed by atoms with Gasteiger partial charge < -0.3 is 20.2 Å². The van der Waals surface area contributed by atoms with Gasteiger partial charge in [-0.25, -0.2) is 9.97 Å². The fourth-order valence-corrected chi connectivity index (χ4v) is 7.76. The summed E-state index contributed by atoms with van der Waals surface area (Å²) in [6.07, 6.45) is 4.16. The van der Waals surface area contributed by atoms with E-state index in [2.05, 4.69) is 79.7 Å². The first-order valence-electron chi connectivity index (χ1n) is 19.2. The number of pyridine rings is 2. The second-order valence-corrected chi connectivity index (χ2v) is 15.1. The van der Waals surface area contributed by atoms with Gasteiger partial charge in [0.1, 0.15) is 0 Å². The molecule has 4 N–H and O–H groups in total. The molecule has 0 amide bonds. The number of carbonyl (C=O) groups is 2. The van der Waals surface area contributed by atoms with Gasteiger partial charge in [0.2, 0.25) is 0 Å². The molecule has 0 aliphatic carbocycles. The number of fused-ring (bicyclic) bond motifs is 8. The van der Waals surface area contributed by atoms with Gasteiger partial charge in [-0.1, -0.05) is 39.8 Å². The molecule has 11 heteroatoms. The molecule has 0 spiro atoms. The molecule has 57 heavy (non-hydrogen) atoms. The van der Waals surface area contributed by atoms with Gasteiger partial charge in [-0.15, -0.1) is 0 Å². The van der Waals surface area contributed by atoms with E-state index in [-0.39, 0.29) is 45.7 Å². The predicted molar refractivity (Wildman–Crippen MR) is 225 cm³/mol. The molecule has 2 aliphatic rings. The molecule has 10 nitrogen and oxygen atoms in total. The van der Waals surface area contributed by atoms with Crippen LogP contribution in [0.25, 0.3) is 55.7 Å². The van der Waals surface area contributed by atoms with Crippen molar-refractivity contribution in [1.82, 2.24) is 29.9 Å². The molecule has 0 fully saturated rings. The van der Waals surface area contributed by atoms with Crippen molar-refractivity contribution in [1.29, 1.82) is 0 Å². The first-order chi connectivity index (χ1) is 26.7. The number of allylic oxidation sites excluding steroid dienone is 4. The fourth-order valence-electron chi connectivity index (χ4n) is 7.76. The van der Waals surface area contributed by atoms with Gasteiger partial charge >= 0.3 is 11.9 Å². The monoisotopic (exact) mass is 945 g/mol. The van der Waals surface area contributed by atoms with Crippen LogP contribution in [0.2, 0.25) is 0 Å². The van der Waals surface area contributed by atoms with Crippen LogP contribution in [-0.4, -0.2) is 52.1 Å². The molecule has 2 aliphatic heterocycles. The van der Waals surface area contributed by atoms with Gasteiger partial charge in [-0.05, 0) is 145 Å². The minimum Gasteiger partial charge on any atom is -0.481 e. The number of aliphatic carboxylic acids is 2. The van der Waals surface area contributed by atoms with Crippen molar-refractivity contribution in [2.45, 2.75) is 92.9 Å². The van der Waals surface area contributed by atoms with E-state index in [1.807, 2.05) is 56.3 Å². The Balaban J connectivity index is 0.000000405. The average Bonchev–Trinajstić information content (AvgIpc) is 3.83. The molecule has 0 unspecified atom stereocenters. The molecule has 0 aromatic carbocycles. The van der Waals surface area contributed by atoms with Crippen LogP contribution in [0.4, 0.5) is 0 Å². The summed E-state index contributed by atoms with van der Waals surface area (Å²) in [5, 5.41) is 19.0. The maximum atomic E-state index is 11.6. The Hall–Kier alpha value is -5.47. The number of hydrogen-bond donors (Lipinski definition) is 4. The molecule has 7 heterocycles. The Bertz CT molecular complexity index is 2500. The Kier molecular flexibility index (Phi) is 13.6. The van der Waals surface area contributed by atoms with E-state index in [4.69, 9.17) is 9.97 Å². The number of H-pyrrole nitrogens is 2. The van der Waals surface area contributed by atoms with E-state index in [9.17, 15) is 19.8 Å². The van der Waals surface area contributed by atoms with Crippen molar-refractivity contribution in [3.05, 3.63) is 118 Å². The Labute approximate surface area is 348 Å². The molecule has 8 bridgehead atoms. The van der Waals surface area contributed by atoms with Gasteiger partial charge in [0.25, 0.3) is 0 Å². The number of aromatic amines is 2. The zero-order chi connectivity index (χ0) is 40.3. The topological polar surface area (TPSA) is 158 Å². The molecule has 5 aromatic rings. The van der Waals surface area contributed by atoms with Gasteiger partial charge in [-0.3, -0.25) is 19.6 Å². The van der Waals surface area contributed by atoms with E-state index >= 15 is 0 Å². The molecule has 298 valence electrons. The van der Waals surface area contributed by atoms with E-state index in [1.54, 1.807) is 12.4 Å². The standard InChI is InChI=1S/C36H42N4O4.C10H8N2.Pt/c1-17(2)35-21(7)27-13-25-19(5)23(9-11-33(41)42)29(37-25)16-30-24(10-12-34(43)44)20(6)26(38-30)14-31-36(18(3)4)22(8)28(40-31)15-32(35)39-27;1-3-7-11-9(5-1)10-6-2-4-8-12-10;/h13-18,39-40H,9-12H2,1-8H3,(H,41,42)(H,43,44);1-8H;. The molecule has 0 radical (unpaired) electrons. The van der Waals surface area contributed by atoms with Crippen LogP contribution < -0.4 is 0 Å². The Morgan fingerprint density at radius 3 is 1.35 bits per heavy atom. The third-order valence-corrected chi connectivity index (χ3v) is 10.6. The van der Waals surface area contributed by atoms with E-state index in [0.29, 0.717) is 24.2 Å². The number of aromatic nitrogens is 6. The third-order valence-electron chi connectivity index (χ3n) is 10.6. The number of carboxylic acids is 2. The fraction of sp³-hybridized carbons (Fsp3) is 0.304. The zero-order valence-electron chi connectivity index (χ0n) is 33.7. The van der Waals surface area contributed by atoms with Gasteiger partial charge in [0, 0.05) is 68.4 Å². The summed E-state index contributed by atoms with van der Waals surface area (Å²) >= 11 is 0. The Morgan fingerprint density at radius 1 is 0.561 bits per heavy atom. The minimum atomic E-state index is -0.870. The number of carboxylic acid groups (broad SMARTS) is 2. The predicted octanol–water partition coefficient (Wildman–Crippen LogP) is 10.9. The summed E-state index contributed by atoms with van der Waals surface area (Å²) in [7, 11) is 0. The quantitative estimate of drug-likeness (QED) is 0.114. The summed E-state index contributed by atoms with van der Waals surface area (Å²) in [4.78, 5) is 49.0. The van der Waals surface area contributed by atoms with Crippen molar-refractivity contribution in [2.75, 3.05) is 0 Å². The summed E-state index contributed by atoms with van der Waals surface area (Å²) in [5.74, 6) is -1.19. The molecule has 5 aromatic heterocycles. The molecule has 0 atom stereocenters. The van der Waals surface area contributed by atoms with Gasteiger partial charge in [0.05, 0.1) is 34.2 Å². The Morgan fingerprint density at radius 2 is 0.965 bits per heavy atom. The van der Waals surface area contributed by atoms with Crippen LogP contribution in [0.15, 0.2) is 73.1 Å². The van der Waals surface area contributed by atoms with Crippen LogP contribution in [-0.2, 0) is 30.7 Å². The van der Waals surface area contributed by atoms with Crippen LogP contribution in [0, 0.1) is 13.8 Å². The van der Waals surface area contributed by atoms with Crippen LogP contribution in [0.5, 0.6) is 0 Å². The van der Waals surface area contributed by atoms with Crippen LogP contribution >= 0.6 is 0 Å². The second kappa shape index (κ2) is 18.2. The van der Waals surface area contributed by atoms with Crippen molar-refractivity contribution in [2.24, 2.45) is 0 Å². The maximum absolute atomic E-state index is 11.6. The summed E-state index contributed by atoms with van der Waals surface area (Å²) in [5.41, 5.74) is 17.2. The summed E-state index contributed by atoms with van der Waals surface area (Å²) in [6.45, 7) is 17.0. The van der Waals surface area contributed by atoms with Crippen LogP contribution in [0.1, 0.15) is 124 Å². The largest absolute Gasteiger partial charge is 0.481 e. The first-order valence-corrected chi connectivity index (χ1v) is 19.2. The summed E-state index contributed by atoms with van der Waals surface area (Å²) < 4.78 is 0. The van der Waals surface area contributed by atoms with Gasteiger partial charge in [0.15, 0.2) is 0 Å². The first kappa shape index (κ1) is 42.7. The number of aryl methyl sites for hydroxylation is 2. The number of nitrogens with one attached hydrogen (secondary N) is 2. The van der Waals surface area contributed by atoms with Gasteiger partial charge in [-0.2, -0.15) is 0 Å². The van der Waals surface area contributed by atoms with Crippen molar-refractivity contribution in [3.8, 4) is 11.4 Å². The normalized spacial score (nSPS) is 12.5. The van der Waals surface area contributed by atoms with Crippen molar-refractivity contribution < 1.29 is 40.9 Å². The molecule has 7 rings (SSSR count). The van der Waals surface area contributed by atoms with E-state index in [0.717, 1.165) is 72.7 Å². The number of hydrogen-bond acceptors (Lipinski definition) is 6.